The van der Waals surface area contributed by atoms with E-state index in [1.165, 1.54) is 12.1 Å². The number of carboxylic acids is 1. The van der Waals surface area contributed by atoms with Gasteiger partial charge in [-0.25, -0.2) is 13.6 Å². The van der Waals surface area contributed by atoms with Crippen LogP contribution in [0.4, 0.5) is 17.6 Å². The fourth-order valence-corrected chi connectivity index (χ4v) is 5.46. The van der Waals surface area contributed by atoms with Gasteiger partial charge in [0, 0.05) is 12.0 Å². The molecule has 0 saturated carbocycles. The third-order valence-corrected chi connectivity index (χ3v) is 7.25. The molecule has 0 aromatic heterocycles. The van der Waals surface area contributed by atoms with Gasteiger partial charge < -0.3 is 5.11 Å². The molecule has 2 aromatic rings. The molecular formula is C20H13Cl2F4NO2S. The van der Waals surface area contributed by atoms with Crippen molar-refractivity contribution in [3.8, 4) is 0 Å². The number of aromatic carboxylic acids is 1. The number of alkyl halides is 3. The van der Waals surface area contributed by atoms with Gasteiger partial charge in [0.25, 0.3) is 0 Å². The molecular weight excluding hydrogens is 465 g/mol. The quantitative estimate of drug-likeness (QED) is 0.307. The van der Waals surface area contributed by atoms with Crippen molar-refractivity contribution in [1.82, 2.24) is 0 Å². The Labute approximate surface area is 183 Å². The number of hydrogen-bond donors (Lipinski definition) is 1. The van der Waals surface area contributed by atoms with Crippen LogP contribution < -0.4 is 0 Å². The van der Waals surface area contributed by atoms with Crippen molar-refractivity contribution in [3.63, 3.8) is 0 Å². The van der Waals surface area contributed by atoms with Crippen molar-refractivity contribution >= 4 is 46.8 Å². The van der Waals surface area contributed by atoms with E-state index in [9.17, 15) is 27.5 Å². The molecule has 1 heterocycles. The summed E-state index contributed by atoms with van der Waals surface area (Å²) < 4.78 is 58.2. The van der Waals surface area contributed by atoms with Crippen LogP contribution >= 0.6 is 35.1 Å². The van der Waals surface area contributed by atoms with Gasteiger partial charge in [-0.15, -0.1) is 0 Å². The van der Waals surface area contributed by atoms with Gasteiger partial charge in [-0.3, -0.25) is 0 Å². The number of carboxylic acid groups (broad SMARTS) is 1. The maximum atomic E-state index is 14.2. The van der Waals surface area contributed by atoms with E-state index < -0.39 is 39.2 Å². The zero-order chi connectivity index (χ0) is 21.8. The molecule has 0 fully saturated rings. The molecule has 0 amide bonds. The molecule has 3 nitrogen and oxygen atoms in total. The van der Waals surface area contributed by atoms with Crippen LogP contribution in [-0.2, 0) is 17.6 Å². The lowest BCUT2D eigenvalue weighted by Crippen LogP contribution is -2.38. The van der Waals surface area contributed by atoms with E-state index in [1.807, 2.05) is 0 Å². The Bertz CT molecular complexity index is 1080. The number of halogens is 6. The van der Waals surface area contributed by atoms with Crippen LogP contribution in [-0.4, -0.2) is 23.0 Å². The second kappa shape index (κ2) is 7.43. The number of hydrogen-bond acceptors (Lipinski definition) is 3. The van der Waals surface area contributed by atoms with Gasteiger partial charge in [-0.05, 0) is 66.1 Å². The van der Waals surface area contributed by atoms with E-state index >= 15 is 0 Å². The first kappa shape index (κ1) is 21.5. The largest absolute Gasteiger partial charge is 0.478 e. The SMILES string of the molecule is O=C(O)c1ccc(C2=NSC(c3cc(Cl)c(F)c(Cl)c3)(C(F)(F)F)C2)c2c1CCC2. The fraction of sp³-hybridized carbons (Fsp3) is 0.300. The molecule has 0 spiro atoms. The third kappa shape index (κ3) is 3.29. The van der Waals surface area contributed by atoms with Gasteiger partial charge in [0.2, 0.25) is 0 Å². The molecule has 2 aliphatic rings. The van der Waals surface area contributed by atoms with Crippen LogP contribution in [0, 0.1) is 5.82 Å². The monoisotopic (exact) mass is 477 g/mol. The molecule has 30 heavy (non-hydrogen) atoms. The van der Waals surface area contributed by atoms with E-state index in [1.54, 1.807) is 0 Å². The first-order valence-corrected chi connectivity index (χ1v) is 10.4. The number of fused-ring (bicyclic) bond motifs is 1. The summed E-state index contributed by atoms with van der Waals surface area (Å²) in [5.41, 5.74) is 1.98. The molecule has 0 radical (unpaired) electrons. The predicted molar refractivity (Wildman–Crippen MR) is 108 cm³/mol. The average Bonchev–Trinajstić information content (AvgIpc) is 3.32. The smallest absolute Gasteiger partial charge is 0.409 e. The highest BCUT2D eigenvalue weighted by molar-refractivity contribution is 7.99. The molecule has 0 saturated heterocycles. The van der Waals surface area contributed by atoms with Crippen LogP contribution in [0.5, 0.6) is 0 Å². The molecule has 1 atom stereocenters. The molecule has 1 N–H and O–H groups in total. The fourth-order valence-electron chi connectivity index (χ4n) is 4.01. The summed E-state index contributed by atoms with van der Waals surface area (Å²) in [5, 5.41) is 8.38. The lowest BCUT2D eigenvalue weighted by Gasteiger charge is -2.30. The van der Waals surface area contributed by atoms with Crippen LogP contribution in [0.25, 0.3) is 0 Å². The van der Waals surface area contributed by atoms with Crippen molar-refractivity contribution < 1.29 is 27.5 Å². The lowest BCUT2D eigenvalue weighted by atomic mass is 9.87. The number of benzene rings is 2. The van der Waals surface area contributed by atoms with E-state index in [0.717, 1.165) is 24.1 Å². The lowest BCUT2D eigenvalue weighted by molar-refractivity contribution is -0.159. The minimum atomic E-state index is -4.72. The molecule has 0 bridgehead atoms. The Hall–Kier alpha value is -1.77. The standard InChI is InChI=1S/C20H13Cl2F4NO2S/c21-14-6-9(7-15(22)17(14)23)19(20(24,25)26)8-16(27-30-19)12-4-5-13(18(28)29)11-3-1-2-10(11)12/h4-7H,1-3,8H2,(H,28,29). The highest BCUT2D eigenvalue weighted by Gasteiger charge is 2.60. The number of carbonyl (C=O) groups is 1. The second-order valence-electron chi connectivity index (χ2n) is 7.16. The number of nitrogens with zero attached hydrogens (tertiary/aromatic N) is 1. The molecule has 10 heteroatoms. The first-order chi connectivity index (χ1) is 14.0. The van der Waals surface area contributed by atoms with Crippen molar-refractivity contribution in [2.75, 3.05) is 0 Å². The molecule has 1 unspecified atom stereocenters. The van der Waals surface area contributed by atoms with Gasteiger partial charge >= 0.3 is 12.1 Å². The highest BCUT2D eigenvalue weighted by Crippen LogP contribution is 2.57. The Morgan fingerprint density at radius 1 is 1.13 bits per heavy atom. The average molecular weight is 478 g/mol. The Balaban J connectivity index is 1.79. The van der Waals surface area contributed by atoms with E-state index in [2.05, 4.69) is 4.40 Å². The zero-order valence-electron chi connectivity index (χ0n) is 15.1. The van der Waals surface area contributed by atoms with Crippen molar-refractivity contribution in [2.45, 2.75) is 36.6 Å². The normalized spacial score (nSPS) is 20.9. The van der Waals surface area contributed by atoms with Crippen LogP contribution in [0.15, 0.2) is 28.7 Å². The Kier molecular flexibility index (Phi) is 5.31. The summed E-state index contributed by atoms with van der Waals surface area (Å²) in [4.78, 5) is 11.5. The van der Waals surface area contributed by atoms with Crippen LogP contribution in [0.2, 0.25) is 10.0 Å². The molecule has 4 rings (SSSR count). The van der Waals surface area contributed by atoms with Crippen molar-refractivity contribution in [2.24, 2.45) is 4.40 Å². The Morgan fingerprint density at radius 2 is 1.77 bits per heavy atom. The van der Waals surface area contributed by atoms with Gasteiger partial charge in [0.15, 0.2) is 10.6 Å². The topological polar surface area (TPSA) is 49.7 Å². The minimum Gasteiger partial charge on any atom is -0.478 e. The maximum Gasteiger partial charge on any atom is 0.409 e. The Morgan fingerprint density at radius 3 is 2.37 bits per heavy atom. The second-order valence-corrected chi connectivity index (χ2v) is 9.04. The summed E-state index contributed by atoms with van der Waals surface area (Å²) in [6.07, 6.45) is -3.38. The van der Waals surface area contributed by atoms with Crippen LogP contribution in [0.3, 0.4) is 0 Å². The molecule has 158 valence electrons. The van der Waals surface area contributed by atoms with E-state index in [4.69, 9.17) is 23.2 Å². The van der Waals surface area contributed by atoms with E-state index in [-0.39, 0.29) is 16.8 Å². The van der Waals surface area contributed by atoms with Gasteiger partial charge in [0.05, 0.1) is 21.3 Å². The maximum absolute atomic E-state index is 14.2. The summed E-state index contributed by atoms with van der Waals surface area (Å²) in [5.74, 6) is -2.05. The summed E-state index contributed by atoms with van der Waals surface area (Å²) in [7, 11) is 0. The third-order valence-electron chi connectivity index (χ3n) is 5.46. The molecule has 1 aliphatic heterocycles. The summed E-state index contributed by atoms with van der Waals surface area (Å²) >= 11 is 11.9. The van der Waals surface area contributed by atoms with Gasteiger partial charge in [-0.2, -0.15) is 13.2 Å². The molecule has 1 aliphatic carbocycles. The minimum absolute atomic E-state index is 0.164. The predicted octanol–water partition coefficient (Wildman–Crippen LogP) is 6.62. The van der Waals surface area contributed by atoms with E-state index in [0.29, 0.717) is 35.9 Å². The van der Waals surface area contributed by atoms with Crippen molar-refractivity contribution in [1.29, 1.82) is 0 Å². The number of rotatable bonds is 3. The highest BCUT2D eigenvalue weighted by atomic mass is 35.5. The first-order valence-electron chi connectivity index (χ1n) is 8.90. The molecule has 2 aromatic carbocycles. The van der Waals surface area contributed by atoms with Crippen LogP contribution in [0.1, 0.15) is 45.5 Å². The van der Waals surface area contributed by atoms with Gasteiger partial charge in [-0.1, -0.05) is 29.3 Å². The van der Waals surface area contributed by atoms with Crippen molar-refractivity contribution in [3.05, 3.63) is 67.9 Å². The van der Waals surface area contributed by atoms with Gasteiger partial charge in [0.1, 0.15) is 0 Å². The summed E-state index contributed by atoms with van der Waals surface area (Å²) in [6.45, 7) is 0. The zero-order valence-corrected chi connectivity index (χ0v) is 17.4. The summed E-state index contributed by atoms with van der Waals surface area (Å²) in [6, 6.07) is 4.79.